The molecule has 2 aromatic carbocycles. The second kappa shape index (κ2) is 5.81. The van der Waals surface area contributed by atoms with Gasteiger partial charge in [-0.25, -0.2) is 4.79 Å². The van der Waals surface area contributed by atoms with Crippen LogP contribution in [0.1, 0.15) is 18.1 Å². The number of halogens is 1. The molecule has 1 aliphatic heterocycles. The number of carbonyl (C=O) groups excluding carboxylic acids is 2. The number of methoxy groups -OCH3 is 1. The fraction of sp³-hybridized carbons (Fsp3) is 0.176. The molecule has 1 heterocycles. The number of esters is 1. The molecule has 0 N–H and O–H groups in total. The Morgan fingerprint density at radius 3 is 2.68 bits per heavy atom. The average Bonchev–Trinajstić information content (AvgIpc) is 2.54. The number of fused-ring (bicyclic) bond motifs is 1. The Hall–Kier alpha value is -2.33. The summed E-state index contributed by atoms with van der Waals surface area (Å²) >= 11 is 6.29. The zero-order valence-electron chi connectivity index (χ0n) is 11.8. The quantitative estimate of drug-likeness (QED) is 0.627. The topological polar surface area (TPSA) is 52.6 Å². The molecule has 112 valence electrons. The van der Waals surface area contributed by atoms with Gasteiger partial charge in [0.1, 0.15) is 17.9 Å². The van der Waals surface area contributed by atoms with Gasteiger partial charge in [-0.05, 0) is 11.5 Å². The van der Waals surface area contributed by atoms with Gasteiger partial charge in [0, 0.05) is 16.0 Å². The highest BCUT2D eigenvalue weighted by Crippen LogP contribution is 2.36. The van der Waals surface area contributed by atoms with Gasteiger partial charge in [0.05, 0.1) is 13.5 Å². The third-order valence-corrected chi connectivity index (χ3v) is 3.97. The largest absolute Gasteiger partial charge is 0.492 e. The minimum atomic E-state index is -0.681. The Morgan fingerprint density at radius 1 is 1.27 bits per heavy atom. The molecule has 0 saturated carbocycles. The van der Waals surface area contributed by atoms with Crippen LogP contribution < -0.4 is 0 Å². The second-order valence-corrected chi connectivity index (χ2v) is 5.37. The summed E-state index contributed by atoms with van der Waals surface area (Å²) in [6.45, 7) is 0. The van der Waals surface area contributed by atoms with E-state index in [0.717, 1.165) is 16.3 Å². The van der Waals surface area contributed by atoms with Crippen LogP contribution in [0, 0.1) is 0 Å². The Labute approximate surface area is 132 Å². The fourth-order valence-corrected chi connectivity index (χ4v) is 2.88. The monoisotopic (exact) mass is 316 g/mol. The molecule has 5 heteroatoms. The van der Waals surface area contributed by atoms with Crippen molar-refractivity contribution < 1.29 is 19.1 Å². The van der Waals surface area contributed by atoms with Gasteiger partial charge in [-0.2, -0.15) is 0 Å². The van der Waals surface area contributed by atoms with Gasteiger partial charge < -0.3 is 9.47 Å². The lowest BCUT2D eigenvalue weighted by Gasteiger charge is -2.23. The first-order valence-electron chi connectivity index (χ1n) is 6.76. The minimum absolute atomic E-state index is 0.0647. The Kier molecular flexibility index (Phi) is 3.86. The number of ketones is 1. The maximum atomic E-state index is 12.1. The molecular weight excluding hydrogens is 304 g/mol. The van der Waals surface area contributed by atoms with Crippen LogP contribution in [0.5, 0.6) is 0 Å². The van der Waals surface area contributed by atoms with E-state index in [4.69, 9.17) is 16.3 Å². The van der Waals surface area contributed by atoms with Crippen molar-refractivity contribution in [3.05, 3.63) is 58.8 Å². The Morgan fingerprint density at radius 2 is 2.00 bits per heavy atom. The number of ether oxygens (including phenoxy) is 2. The minimum Gasteiger partial charge on any atom is -0.492 e. The molecular formula is C17H13ClO4. The third kappa shape index (κ3) is 2.46. The van der Waals surface area contributed by atoms with E-state index in [1.807, 2.05) is 30.3 Å². The van der Waals surface area contributed by atoms with Gasteiger partial charge in [-0.15, -0.1) is 0 Å². The van der Waals surface area contributed by atoms with E-state index >= 15 is 0 Å². The summed E-state index contributed by atoms with van der Waals surface area (Å²) in [7, 11) is 1.23. The van der Waals surface area contributed by atoms with Crippen LogP contribution in [0.4, 0.5) is 0 Å². The molecule has 0 bridgehead atoms. The standard InChI is InChI=1S/C17H13ClO4/c1-21-17(20)12-9-22-15(8-14(12)19)11-6-2-4-10-5-3-7-13(18)16(10)11/h2-7,9,15H,8H2,1H3/t15-/m0/s1. The maximum Gasteiger partial charge on any atom is 0.344 e. The summed E-state index contributed by atoms with van der Waals surface area (Å²) in [6, 6.07) is 11.3. The summed E-state index contributed by atoms with van der Waals surface area (Å²) in [6.07, 6.45) is 0.785. The second-order valence-electron chi connectivity index (χ2n) is 4.96. The molecule has 22 heavy (non-hydrogen) atoms. The zero-order chi connectivity index (χ0) is 15.7. The van der Waals surface area contributed by atoms with E-state index in [1.165, 1.54) is 13.4 Å². The highest BCUT2D eigenvalue weighted by molar-refractivity contribution is 6.35. The van der Waals surface area contributed by atoms with Crippen LogP contribution in [-0.2, 0) is 19.1 Å². The molecule has 0 unspecified atom stereocenters. The molecule has 0 radical (unpaired) electrons. The van der Waals surface area contributed by atoms with Gasteiger partial charge in [0.2, 0.25) is 0 Å². The van der Waals surface area contributed by atoms with Crippen molar-refractivity contribution in [2.75, 3.05) is 7.11 Å². The van der Waals surface area contributed by atoms with Crippen LogP contribution in [0.2, 0.25) is 5.02 Å². The molecule has 3 rings (SSSR count). The van der Waals surface area contributed by atoms with Gasteiger partial charge in [-0.1, -0.05) is 41.9 Å². The lowest BCUT2D eigenvalue weighted by molar-refractivity contribution is -0.139. The molecule has 1 aliphatic rings. The van der Waals surface area contributed by atoms with Crippen LogP contribution in [0.15, 0.2) is 48.2 Å². The SMILES string of the molecule is COC(=O)C1=CO[C@H](c2cccc3cccc(Cl)c23)CC1=O. The molecule has 4 nitrogen and oxygen atoms in total. The predicted molar refractivity (Wildman–Crippen MR) is 82.5 cm³/mol. The average molecular weight is 317 g/mol. The van der Waals surface area contributed by atoms with E-state index in [1.54, 1.807) is 6.07 Å². The van der Waals surface area contributed by atoms with Crippen LogP contribution in [0.25, 0.3) is 10.8 Å². The molecule has 0 fully saturated rings. The van der Waals surface area contributed by atoms with Crippen LogP contribution in [-0.4, -0.2) is 18.9 Å². The number of hydrogen-bond donors (Lipinski definition) is 0. The third-order valence-electron chi connectivity index (χ3n) is 3.66. The van der Waals surface area contributed by atoms with Gasteiger partial charge in [-0.3, -0.25) is 4.79 Å². The molecule has 0 spiro atoms. The van der Waals surface area contributed by atoms with Gasteiger partial charge in [0.25, 0.3) is 0 Å². The summed E-state index contributed by atoms with van der Waals surface area (Å²) in [5, 5.41) is 2.44. The number of carbonyl (C=O) groups is 2. The summed E-state index contributed by atoms with van der Waals surface area (Å²) < 4.78 is 10.2. The first-order valence-corrected chi connectivity index (χ1v) is 7.14. The van der Waals surface area contributed by atoms with Crippen molar-refractivity contribution in [1.82, 2.24) is 0 Å². The maximum absolute atomic E-state index is 12.1. The van der Waals surface area contributed by atoms with E-state index in [2.05, 4.69) is 4.74 Å². The lowest BCUT2D eigenvalue weighted by Crippen LogP contribution is -2.22. The smallest absolute Gasteiger partial charge is 0.344 e. The number of Topliss-reactive ketones (excluding diaryl/α,β-unsaturated/α-hetero) is 1. The van der Waals surface area contributed by atoms with Crippen LogP contribution >= 0.6 is 11.6 Å². The van der Waals surface area contributed by atoms with Gasteiger partial charge in [0.15, 0.2) is 5.78 Å². The highest BCUT2D eigenvalue weighted by atomic mass is 35.5. The van der Waals surface area contributed by atoms with E-state index in [-0.39, 0.29) is 17.8 Å². The van der Waals surface area contributed by atoms with Crippen molar-refractivity contribution in [1.29, 1.82) is 0 Å². The molecule has 0 aromatic heterocycles. The fourth-order valence-electron chi connectivity index (χ4n) is 2.59. The molecule has 1 atom stereocenters. The van der Waals surface area contributed by atoms with E-state index < -0.39 is 12.1 Å². The first kappa shape index (κ1) is 14.6. The molecule has 2 aromatic rings. The van der Waals surface area contributed by atoms with Crippen LogP contribution in [0.3, 0.4) is 0 Å². The van der Waals surface area contributed by atoms with Crippen molar-refractivity contribution in [2.45, 2.75) is 12.5 Å². The Bertz CT molecular complexity index is 789. The molecule has 0 amide bonds. The zero-order valence-corrected chi connectivity index (χ0v) is 12.6. The predicted octanol–water partition coefficient (Wildman–Crippen LogP) is 3.58. The summed E-state index contributed by atoms with van der Waals surface area (Å²) in [4.78, 5) is 23.6. The van der Waals surface area contributed by atoms with E-state index in [0.29, 0.717) is 5.02 Å². The number of benzene rings is 2. The first-order chi connectivity index (χ1) is 10.6. The lowest BCUT2D eigenvalue weighted by atomic mass is 9.94. The van der Waals surface area contributed by atoms with Crippen molar-refractivity contribution in [2.24, 2.45) is 0 Å². The molecule has 0 saturated heterocycles. The number of hydrogen-bond acceptors (Lipinski definition) is 4. The molecule has 0 aliphatic carbocycles. The summed E-state index contributed by atoms with van der Waals surface area (Å²) in [5.74, 6) is -0.980. The van der Waals surface area contributed by atoms with Crippen molar-refractivity contribution in [3.8, 4) is 0 Å². The summed E-state index contributed by atoms with van der Waals surface area (Å²) in [5.41, 5.74) is 0.765. The van der Waals surface area contributed by atoms with Crippen molar-refractivity contribution >= 4 is 34.1 Å². The highest BCUT2D eigenvalue weighted by Gasteiger charge is 2.30. The van der Waals surface area contributed by atoms with E-state index in [9.17, 15) is 9.59 Å². The van der Waals surface area contributed by atoms with Crippen molar-refractivity contribution in [3.63, 3.8) is 0 Å². The normalized spacial score (nSPS) is 17.8. The van der Waals surface area contributed by atoms with Gasteiger partial charge >= 0.3 is 5.97 Å². The number of rotatable bonds is 2. The Balaban J connectivity index is 2.02.